The Morgan fingerprint density at radius 1 is 1.45 bits per heavy atom. The number of carbonyl (C=O) groups is 1. The fraction of sp³-hybridized carbons (Fsp3) is 0.154. The lowest BCUT2D eigenvalue weighted by Crippen LogP contribution is -2.15. The van der Waals surface area contributed by atoms with Gasteiger partial charge in [-0.05, 0) is 47.2 Å². The lowest BCUT2D eigenvalue weighted by Gasteiger charge is -2.12. The maximum atomic E-state index is 12.3. The number of anilines is 1. The zero-order valence-corrected chi connectivity index (χ0v) is 13.7. The number of aryl methyl sites for hydroxylation is 1. The van der Waals surface area contributed by atoms with E-state index in [0.717, 1.165) is 9.13 Å². The monoisotopic (exact) mass is 403 g/mol. The summed E-state index contributed by atoms with van der Waals surface area (Å²) < 4.78 is 5.97. The molecule has 2 aromatic rings. The van der Waals surface area contributed by atoms with Crippen molar-refractivity contribution in [1.29, 1.82) is 0 Å². The van der Waals surface area contributed by atoms with Crippen LogP contribution in [0.4, 0.5) is 5.69 Å². The number of ether oxygens (including phenoxy) is 1. The molecule has 2 rings (SSSR count). The number of carbonyl (C=O) groups excluding carboxylic acids is 1. The van der Waals surface area contributed by atoms with Gasteiger partial charge in [-0.25, -0.2) is 9.97 Å². The lowest BCUT2D eigenvalue weighted by molar-refractivity contribution is 0.102. The molecule has 1 N–H and O–H groups in total. The normalized spacial score (nSPS) is 10.2. The molecule has 0 aliphatic heterocycles. The van der Waals surface area contributed by atoms with Gasteiger partial charge >= 0.3 is 0 Å². The number of hydrogen-bond acceptors (Lipinski definition) is 4. The number of aromatic nitrogens is 2. The van der Waals surface area contributed by atoms with Crippen LogP contribution in [0.15, 0.2) is 24.5 Å². The molecule has 0 radical (unpaired) electrons. The van der Waals surface area contributed by atoms with Crippen molar-refractivity contribution in [2.45, 2.75) is 6.92 Å². The first-order valence-electron chi connectivity index (χ1n) is 5.65. The Morgan fingerprint density at radius 2 is 2.20 bits per heavy atom. The van der Waals surface area contributed by atoms with Gasteiger partial charge in [-0.15, -0.1) is 0 Å². The predicted octanol–water partition coefficient (Wildman–Crippen LogP) is 3.30. The van der Waals surface area contributed by atoms with Crippen molar-refractivity contribution >= 4 is 45.8 Å². The Hall–Kier alpha value is -1.41. The van der Waals surface area contributed by atoms with Crippen molar-refractivity contribution in [1.82, 2.24) is 9.97 Å². The van der Waals surface area contributed by atoms with Gasteiger partial charge in [0.25, 0.3) is 5.91 Å². The largest absolute Gasteiger partial charge is 0.480 e. The van der Waals surface area contributed by atoms with Crippen LogP contribution in [0.25, 0.3) is 0 Å². The minimum absolute atomic E-state index is 0.156. The Kier molecular flexibility index (Phi) is 4.77. The fourth-order valence-electron chi connectivity index (χ4n) is 1.60. The SMILES string of the molecule is COc1nccc(C)c1NC(=O)c1cc(I)cnc1Cl. The molecule has 1 amide bonds. The summed E-state index contributed by atoms with van der Waals surface area (Å²) in [6.07, 6.45) is 3.21. The molecule has 2 heterocycles. The average molecular weight is 404 g/mol. The number of methoxy groups -OCH3 is 1. The van der Waals surface area contributed by atoms with Crippen LogP contribution in [0.5, 0.6) is 5.88 Å². The van der Waals surface area contributed by atoms with Crippen LogP contribution >= 0.6 is 34.2 Å². The summed E-state index contributed by atoms with van der Waals surface area (Å²) in [7, 11) is 1.50. The van der Waals surface area contributed by atoms with Crippen molar-refractivity contribution in [3.63, 3.8) is 0 Å². The van der Waals surface area contributed by atoms with Crippen molar-refractivity contribution in [3.8, 4) is 5.88 Å². The van der Waals surface area contributed by atoms with Crippen LogP contribution in [0.3, 0.4) is 0 Å². The van der Waals surface area contributed by atoms with E-state index in [-0.39, 0.29) is 11.1 Å². The standard InChI is InChI=1S/C13H11ClIN3O2/c1-7-3-4-16-13(20-2)10(7)18-12(19)9-5-8(15)6-17-11(9)14/h3-6H,1-2H3,(H,18,19). The first kappa shape index (κ1) is 15.0. The number of amides is 1. The summed E-state index contributed by atoms with van der Waals surface area (Å²) >= 11 is 8.02. The number of halogens is 2. The van der Waals surface area contributed by atoms with Gasteiger partial charge in [-0.2, -0.15) is 0 Å². The van der Waals surface area contributed by atoms with Crippen LogP contribution in [-0.4, -0.2) is 23.0 Å². The third-order valence-electron chi connectivity index (χ3n) is 2.61. The quantitative estimate of drug-likeness (QED) is 0.631. The van der Waals surface area contributed by atoms with Gasteiger partial charge in [0, 0.05) is 16.0 Å². The van der Waals surface area contributed by atoms with E-state index in [9.17, 15) is 4.79 Å². The smallest absolute Gasteiger partial charge is 0.258 e. The summed E-state index contributed by atoms with van der Waals surface area (Å²) in [6, 6.07) is 3.45. The van der Waals surface area contributed by atoms with E-state index >= 15 is 0 Å². The molecule has 0 aromatic carbocycles. The first-order chi connectivity index (χ1) is 9.52. The zero-order chi connectivity index (χ0) is 14.7. The number of rotatable bonds is 3. The highest BCUT2D eigenvalue weighted by atomic mass is 127. The van der Waals surface area contributed by atoms with Crippen LogP contribution in [0.2, 0.25) is 5.15 Å². The molecule has 104 valence electrons. The summed E-state index contributed by atoms with van der Waals surface area (Å²) in [6.45, 7) is 1.86. The van der Waals surface area contributed by atoms with E-state index in [4.69, 9.17) is 16.3 Å². The highest BCUT2D eigenvalue weighted by Gasteiger charge is 2.16. The first-order valence-corrected chi connectivity index (χ1v) is 7.10. The molecular formula is C13H11ClIN3O2. The number of pyridine rings is 2. The molecule has 0 bridgehead atoms. The minimum Gasteiger partial charge on any atom is -0.480 e. The molecule has 2 aromatic heterocycles. The van der Waals surface area contributed by atoms with Crippen LogP contribution in [0, 0.1) is 10.5 Å². The van der Waals surface area contributed by atoms with Crippen molar-refractivity contribution in [2.75, 3.05) is 12.4 Å². The van der Waals surface area contributed by atoms with Crippen molar-refractivity contribution in [2.24, 2.45) is 0 Å². The summed E-state index contributed by atoms with van der Waals surface area (Å²) in [5.74, 6) is 0.00322. The minimum atomic E-state index is -0.351. The van der Waals surface area contributed by atoms with E-state index in [0.29, 0.717) is 17.1 Å². The Morgan fingerprint density at radius 3 is 2.90 bits per heavy atom. The molecule has 20 heavy (non-hydrogen) atoms. The molecule has 0 aliphatic rings. The average Bonchev–Trinajstić information content (AvgIpc) is 2.43. The van der Waals surface area contributed by atoms with Gasteiger partial charge in [0.05, 0.1) is 12.7 Å². The molecular weight excluding hydrogens is 393 g/mol. The third kappa shape index (κ3) is 3.18. The Balaban J connectivity index is 2.35. The molecule has 0 unspecified atom stereocenters. The molecule has 0 spiro atoms. The van der Waals surface area contributed by atoms with Gasteiger partial charge in [0.2, 0.25) is 5.88 Å². The van der Waals surface area contributed by atoms with E-state index in [1.54, 1.807) is 24.5 Å². The summed E-state index contributed by atoms with van der Waals surface area (Å²) in [4.78, 5) is 20.3. The van der Waals surface area contributed by atoms with Crippen molar-refractivity contribution in [3.05, 3.63) is 44.4 Å². The second kappa shape index (κ2) is 6.36. The summed E-state index contributed by atoms with van der Waals surface area (Å²) in [5, 5.41) is 2.92. The highest BCUT2D eigenvalue weighted by molar-refractivity contribution is 14.1. The third-order valence-corrected chi connectivity index (χ3v) is 3.50. The van der Waals surface area contributed by atoms with E-state index in [1.807, 2.05) is 6.92 Å². The molecule has 5 nitrogen and oxygen atoms in total. The molecule has 0 aliphatic carbocycles. The van der Waals surface area contributed by atoms with E-state index < -0.39 is 0 Å². The molecule has 0 saturated heterocycles. The highest BCUT2D eigenvalue weighted by Crippen LogP contribution is 2.26. The second-order valence-corrected chi connectivity index (χ2v) is 5.56. The number of nitrogens with zero attached hydrogens (tertiary/aromatic N) is 2. The van der Waals surface area contributed by atoms with E-state index in [1.165, 1.54) is 7.11 Å². The molecule has 7 heteroatoms. The molecule has 0 fully saturated rings. The van der Waals surface area contributed by atoms with Gasteiger partial charge in [0.1, 0.15) is 10.8 Å². The van der Waals surface area contributed by atoms with Gasteiger partial charge in [0.15, 0.2) is 0 Å². The maximum absolute atomic E-state index is 12.3. The van der Waals surface area contributed by atoms with E-state index in [2.05, 4.69) is 37.9 Å². The van der Waals surface area contributed by atoms with Crippen LogP contribution < -0.4 is 10.1 Å². The molecule has 0 atom stereocenters. The van der Waals surface area contributed by atoms with Crippen LogP contribution in [0.1, 0.15) is 15.9 Å². The Bertz CT molecular complexity index is 664. The lowest BCUT2D eigenvalue weighted by atomic mass is 10.2. The zero-order valence-electron chi connectivity index (χ0n) is 10.8. The fourth-order valence-corrected chi connectivity index (χ4v) is 2.24. The van der Waals surface area contributed by atoms with Crippen LogP contribution in [-0.2, 0) is 0 Å². The molecule has 0 saturated carbocycles. The van der Waals surface area contributed by atoms with Gasteiger partial charge in [-0.1, -0.05) is 11.6 Å². The maximum Gasteiger partial charge on any atom is 0.258 e. The van der Waals surface area contributed by atoms with Crippen molar-refractivity contribution < 1.29 is 9.53 Å². The van der Waals surface area contributed by atoms with Gasteiger partial charge in [-0.3, -0.25) is 4.79 Å². The van der Waals surface area contributed by atoms with Gasteiger partial charge < -0.3 is 10.1 Å². The summed E-state index contributed by atoms with van der Waals surface area (Å²) in [5.41, 5.74) is 1.68. The Labute approximate surface area is 134 Å². The second-order valence-electron chi connectivity index (χ2n) is 3.96. The number of nitrogens with one attached hydrogen (secondary N) is 1. The number of hydrogen-bond donors (Lipinski definition) is 1. The predicted molar refractivity (Wildman–Crippen MR) is 85.4 cm³/mol. The topological polar surface area (TPSA) is 64.1 Å².